The maximum atomic E-state index is 12.8. The van der Waals surface area contributed by atoms with Gasteiger partial charge in [0, 0.05) is 31.2 Å². The molecule has 3 aromatic rings. The normalized spacial score (nSPS) is 21.8. The number of carbonyl (C=O) groups excluding carboxylic acids is 1. The first kappa shape index (κ1) is 24.6. The third kappa shape index (κ3) is 5.49. The molecule has 2 aliphatic rings. The molecule has 36 heavy (non-hydrogen) atoms. The van der Waals surface area contributed by atoms with E-state index in [1.54, 1.807) is 0 Å². The van der Waals surface area contributed by atoms with E-state index in [2.05, 4.69) is 61.5 Å². The molecular formula is C32H39N2O2+. The van der Waals surface area contributed by atoms with Crippen LogP contribution in [0, 0.1) is 0 Å². The molecule has 0 aliphatic carbocycles. The fraction of sp³-hybridized carbons (Fsp3) is 0.406. The first-order chi connectivity index (χ1) is 17.7. The Bertz CT molecular complexity index is 1140. The zero-order chi connectivity index (χ0) is 24.8. The summed E-state index contributed by atoms with van der Waals surface area (Å²) < 4.78 is 7.57. The molecule has 1 amide bonds. The minimum atomic E-state index is 0.191. The van der Waals surface area contributed by atoms with Crippen LogP contribution in [0.2, 0.25) is 0 Å². The Labute approximate surface area is 216 Å². The molecule has 0 atom stereocenters. The minimum Gasteiger partial charge on any atom is -0.493 e. The Balaban J connectivity index is 1.18. The van der Waals surface area contributed by atoms with Gasteiger partial charge in [-0.15, -0.1) is 0 Å². The number of anilines is 1. The molecule has 0 radical (unpaired) electrons. The molecule has 4 nitrogen and oxygen atoms in total. The topological polar surface area (TPSA) is 29.5 Å². The highest BCUT2D eigenvalue weighted by atomic mass is 16.5. The van der Waals surface area contributed by atoms with Crippen LogP contribution in [0.25, 0.3) is 0 Å². The lowest BCUT2D eigenvalue weighted by Gasteiger charge is -2.43. The van der Waals surface area contributed by atoms with Crippen LogP contribution < -0.4 is 9.64 Å². The number of piperidine rings is 1. The Hall–Kier alpha value is -3.11. The summed E-state index contributed by atoms with van der Waals surface area (Å²) in [5.74, 6) is 1.85. The van der Waals surface area contributed by atoms with Gasteiger partial charge < -0.3 is 14.1 Å². The molecule has 0 aromatic heterocycles. The summed E-state index contributed by atoms with van der Waals surface area (Å²) in [6, 6.07) is 27.4. The number of nitrogens with zero attached hydrogens (tertiary/aromatic N) is 2. The summed E-state index contributed by atoms with van der Waals surface area (Å²) in [7, 11) is 0. The molecule has 4 heteroatoms. The zero-order valence-corrected chi connectivity index (χ0v) is 21.6. The van der Waals surface area contributed by atoms with Gasteiger partial charge in [0.1, 0.15) is 5.75 Å². The minimum absolute atomic E-state index is 0.191. The number of likely N-dealkylation sites (tertiary alicyclic amines) is 1. The van der Waals surface area contributed by atoms with Crippen LogP contribution >= 0.6 is 0 Å². The molecule has 0 bridgehead atoms. The first-order valence-corrected chi connectivity index (χ1v) is 13.7. The van der Waals surface area contributed by atoms with Crippen LogP contribution in [0.4, 0.5) is 5.69 Å². The monoisotopic (exact) mass is 483 g/mol. The van der Waals surface area contributed by atoms with E-state index in [9.17, 15) is 4.79 Å². The van der Waals surface area contributed by atoms with E-state index in [1.807, 2.05) is 29.2 Å². The largest absolute Gasteiger partial charge is 0.493 e. The van der Waals surface area contributed by atoms with Gasteiger partial charge in [-0.2, -0.15) is 0 Å². The smallest absolute Gasteiger partial charge is 0.227 e. The number of hydrogen-bond acceptors (Lipinski definition) is 2. The van der Waals surface area contributed by atoms with Crippen molar-refractivity contribution < 1.29 is 14.0 Å². The molecule has 0 saturated carbocycles. The molecule has 2 aliphatic heterocycles. The lowest BCUT2D eigenvalue weighted by atomic mass is 9.88. The number of benzene rings is 3. The number of hydrogen-bond donors (Lipinski definition) is 0. The Morgan fingerprint density at radius 2 is 1.61 bits per heavy atom. The van der Waals surface area contributed by atoms with Crippen molar-refractivity contribution >= 4 is 11.6 Å². The molecule has 0 N–H and O–H groups in total. The van der Waals surface area contributed by atoms with Crippen molar-refractivity contribution in [3.63, 3.8) is 0 Å². The van der Waals surface area contributed by atoms with Crippen molar-refractivity contribution in [2.75, 3.05) is 37.7 Å². The maximum Gasteiger partial charge on any atom is 0.227 e. The van der Waals surface area contributed by atoms with Crippen LogP contribution in [0.1, 0.15) is 55.2 Å². The predicted molar refractivity (Wildman–Crippen MR) is 146 cm³/mol. The van der Waals surface area contributed by atoms with Gasteiger partial charge in [-0.25, -0.2) is 0 Å². The Morgan fingerprint density at radius 3 is 2.33 bits per heavy atom. The summed E-state index contributed by atoms with van der Waals surface area (Å²) in [5, 5.41) is 0. The lowest BCUT2D eigenvalue weighted by Crippen LogP contribution is -2.53. The number of rotatable bonds is 9. The number of amides is 1. The van der Waals surface area contributed by atoms with Gasteiger partial charge in [0.15, 0.2) is 0 Å². The van der Waals surface area contributed by atoms with Crippen LogP contribution in [0.3, 0.4) is 0 Å². The summed E-state index contributed by atoms with van der Waals surface area (Å²) in [6.07, 6.45) is 4.90. The highest BCUT2D eigenvalue weighted by molar-refractivity contribution is 5.96. The van der Waals surface area contributed by atoms with Crippen molar-refractivity contribution in [2.24, 2.45) is 0 Å². The average molecular weight is 484 g/mol. The van der Waals surface area contributed by atoms with Gasteiger partial charge in [-0.05, 0) is 42.5 Å². The van der Waals surface area contributed by atoms with Gasteiger partial charge in [-0.1, -0.05) is 66.7 Å². The molecule has 1 fully saturated rings. The molecular weight excluding hydrogens is 444 g/mol. The van der Waals surface area contributed by atoms with E-state index >= 15 is 0 Å². The second-order valence-corrected chi connectivity index (χ2v) is 10.4. The van der Waals surface area contributed by atoms with Gasteiger partial charge >= 0.3 is 0 Å². The molecule has 0 unspecified atom stereocenters. The summed E-state index contributed by atoms with van der Waals surface area (Å²) in [5.41, 5.74) is 4.83. The van der Waals surface area contributed by atoms with Crippen molar-refractivity contribution in [3.8, 4) is 5.75 Å². The standard InChI is InChI=1S/C32H39N2O2/c1-2-34(22-19-28(20-23-34)27-13-7-4-8-14-27)21-10-24-36-31-16-9-15-30-29(31)17-18-32(35)33(30)25-26-11-5-3-6-12-26/h3-9,11-16,28H,2,10,17-25H2,1H3/q+1. The zero-order valence-electron chi connectivity index (χ0n) is 21.6. The van der Waals surface area contributed by atoms with Crippen molar-refractivity contribution in [2.45, 2.75) is 51.5 Å². The van der Waals surface area contributed by atoms with Gasteiger partial charge in [-0.3, -0.25) is 4.79 Å². The fourth-order valence-electron chi connectivity index (χ4n) is 6.09. The average Bonchev–Trinajstić information content (AvgIpc) is 2.94. The molecule has 5 rings (SSSR count). The first-order valence-electron chi connectivity index (χ1n) is 13.7. The van der Waals surface area contributed by atoms with E-state index < -0.39 is 0 Å². The van der Waals surface area contributed by atoms with Crippen LogP contribution in [0.15, 0.2) is 78.9 Å². The van der Waals surface area contributed by atoms with Crippen LogP contribution in [0.5, 0.6) is 5.75 Å². The quantitative estimate of drug-likeness (QED) is 0.262. The predicted octanol–water partition coefficient (Wildman–Crippen LogP) is 6.35. The van der Waals surface area contributed by atoms with E-state index in [1.165, 1.54) is 54.6 Å². The maximum absolute atomic E-state index is 12.8. The van der Waals surface area contributed by atoms with Crippen LogP contribution in [-0.2, 0) is 17.8 Å². The van der Waals surface area contributed by atoms with Gasteiger partial charge in [0.05, 0.1) is 45.0 Å². The number of quaternary nitrogens is 1. The Morgan fingerprint density at radius 1 is 0.889 bits per heavy atom. The fourth-order valence-corrected chi connectivity index (χ4v) is 6.09. The van der Waals surface area contributed by atoms with Crippen molar-refractivity contribution in [1.82, 2.24) is 0 Å². The molecule has 1 saturated heterocycles. The second-order valence-electron chi connectivity index (χ2n) is 10.4. The van der Waals surface area contributed by atoms with E-state index in [4.69, 9.17) is 4.74 Å². The number of fused-ring (bicyclic) bond motifs is 1. The molecule has 188 valence electrons. The van der Waals surface area contributed by atoms with E-state index in [0.717, 1.165) is 36.4 Å². The van der Waals surface area contributed by atoms with E-state index in [0.29, 0.717) is 18.9 Å². The summed E-state index contributed by atoms with van der Waals surface area (Å²) in [6.45, 7) is 8.56. The summed E-state index contributed by atoms with van der Waals surface area (Å²) in [4.78, 5) is 14.7. The molecule has 0 spiro atoms. The lowest BCUT2D eigenvalue weighted by molar-refractivity contribution is -0.931. The highest BCUT2D eigenvalue weighted by Crippen LogP contribution is 2.36. The molecule has 2 heterocycles. The van der Waals surface area contributed by atoms with Crippen LogP contribution in [-0.4, -0.2) is 43.2 Å². The second kappa shape index (κ2) is 11.3. The van der Waals surface area contributed by atoms with Gasteiger partial charge in [0.2, 0.25) is 5.91 Å². The highest BCUT2D eigenvalue weighted by Gasteiger charge is 2.33. The summed E-state index contributed by atoms with van der Waals surface area (Å²) >= 11 is 0. The third-order valence-corrected chi connectivity index (χ3v) is 8.35. The van der Waals surface area contributed by atoms with Crippen molar-refractivity contribution in [3.05, 3.63) is 95.6 Å². The van der Waals surface area contributed by atoms with E-state index in [-0.39, 0.29) is 5.91 Å². The molecule has 3 aromatic carbocycles. The number of ether oxygens (including phenoxy) is 1. The third-order valence-electron chi connectivity index (χ3n) is 8.35. The SMILES string of the molecule is CC[N+]1(CCCOc2cccc3c2CCC(=O)N3Cc2ccccc2)CCC(c2ccccc2)CC1. The Kier molecular flexibility index (Phi) is 7.72. The van der Waals surface area contributed by atoms with Gasteiger partial charge in [0.25, 0.3) is 0 Å². The number of carbonyl (C=O) groups is 1. The van der Waals surface area contributed by atoms with Crippen molar-refractivity contribution in [1.29, 1.82) is 0 Å².